The molecular formula is C15H17N5O4. The molecule has 0 aliphatic heterocycles. The Bertz CT molecular complexity index is 864. The van der Waals surface area contributed by atoms with Crippen molar-refractivity contribution in [1.29, 1.82) is 0 Å². The van der Waals surface area contributed by atoms with Crippen molar-refractivity contribution < 1.29 is 19.3 Å². The summed E-state index contributed by atoms with van der Waals surface area (Å²) in [4.78, 5) is 15.0. The van der Waals surface area contributed by atoms with Crippen LogP contribution in [0.1, 0.15) is 5.56 Å². The summed E-state index contributed by atoms with van der Waals surface area (Å²) in [6.07, 6.45) is 1.44. The van der Waals surface area contributed by atoms with Crippen molar-refractivity contribution in [2.45, 2.75) is 6.54 Å². The van der Waals surface area contributed by atoms with Crippen molar-refractivity contribution in [3.05, 3.63) is 24.0 Å². The highest BCUT2D eigenvalue weighted by molar-refractivity contribution is 5.76. The van der Waals surface area contributed by atoms with E-state index in [1.807, 2.05) is 0 Å². The van der Waals surface area contributed by atoms with Crippen LogP contribution in [-0.2, 0) is 6.54 Å². The third kappa shape index (κ3) is 2.83. The minimum absolute atomic E-state index is 0.167. The van der Waals surface area contributed by atoms with Gasteiger partial charge in [0.25, 0.3) is 0 Å². The fraction of sp³-hybridized carbons (Fsp3) is 0.267. The van der Waals surface area contributed by atoms with Gasteiger partial charge in [0, 0.05) is 18.2 Å². The van der Waals surface area contributed by atoms with Crippen LogP contribution in [0.4, 0.5) is 5.95 Å². The number of anilines is 1. The number of benzene rings is 1. The van der Waals surface area contributed by atoms with Crippen molar-refractivity contribution >= 4 is 17.1 Å². The minimum atomic E-state index is -0.167. The first kappa shape index (κ1) is 15.7. The number of aromatic amines is 1. The standard InChI is InChI=1S/C15H17N5O4/c1-22-9-5-11(24-3)10(23-2)4-8(9)6-16-15-19-13-12(14(21)20-15)17-7-18-13/h4-5,7H,6H2,1-3H3,(H3,16,17,18,19,20,21). The van der Waals surface area contributed by atoms with Crippen LogP contribution in [0.25, 0.3) is 11.2 Å². The van der Waals surface area contributed by atoms with E-state index in [1.165, 1.54) is 6.33 Å². The number of nitrogens with one attached hydrogen (secondary N) is 2. The molecule has 0 unspecified atom stereocenters. The second kappa shape index (κ2) is 6.49. The fourth-order valence-corrected chi connectivity index (χ4v) is 2.30. The first-order chi connectivity index (χ1) is 11.7. The Morgan fingerprint density at radius 1 is 1.04 bits per heavy atom. The van der Waals surface area contributed by atoms with E-state index in [0.29, 0.717) is 35.0 Å². The number of H-pyrrole nitrogens is 1. The normalized spacial score (nSPS) is 10.6. The zero-order chi connectivity index (χ0) is 17.1. The van der Waals surface area contributed by atoms with Gasteiger partial charge in [0.05, 0.1) is 27.7 Å². The van der Waals surface area contributed by atoms with Gasteiger partial charge in [0.2, 0.25) is 11.8 Å². The number of imidazole rings is 1. The SMILES string of the molecule is COc1cc(OC)c(OC)cc1CNc1nc(O)c2[nH]cnc2n1. The number of fused-ring (bicyclic) bond motifs is 1. The summed E-state index contributed by atoms with van der Waals surface area (Å²) >= 11 is 0. The van der Waals surface area contributed by atoms with Crippen LogP contribution in [0.3, 0.4) is 0 Å². The average Bonchev–Trinajstić information content (AvgIpc) is 3.08. The van der Waals surface area contributed by atoms with Crippen LogP contribution in [0, 0.1) is 0 Å². The Balaban J connectivity index is 1.87. The number of rotatable bonds is 6. The molecule has 3 N–H and O–H groups in total. The summed E-state index contributed by atoms with van der Waals surface area (Å²) < 4.78 is 15.9. The minimum Gasteiger partial charge on any atom is -0.496 e. The molecular weight excluding hydrogens is 314 g/mol. The van der Waals surface area contributed by atoms with E-state index in [9.17, 15) is 5.11 Å². The molecule has 9 heteroatoms. The van der Waals surface area contributed by atoms with Crippen LogP contribution < -0.4 is 19.5 Å². The van der Waals surface area contributed by atoms with Gasteiger partial charge in [-0.15, -0.1) is 0 Å². The highest BCUT2D eigenvalue weighted by atomic mass is 16.5. The lowest BCUT2D eigenvalue weighted by molar-refractivity contribution is 0.347. The fourth-order valence-electron chi connectivity index (χ4n) is 2.30. The molecule has 0 saturated carbocycles. The number of nitrogens with zero attached hydrogens (tertiary/aromatic N) is 3. The van der Waals surface area contributed by atoms with Gasteiger partial charge in [-0.25, -0.2) is 4.98 Å². The van der Waals surface area contributed by atoms with Gasteiger partial charge in [-0.05, 0) is 6.07 Å². The number of ether oxygens (including phenoxy) is 3. The molecule has 9 nitrogen and oxygen atoms in total. The number of hydrogen-bond acceptors (Lipinski definition) is 8. The summed E-state index contributed by atoms with van der Waals surface area (Å²) in [6.45, 7) is 0.360. The smallest absolute Gasteiger partial charge is 0.242 e. The molecule has 24 heavy (non-hydrogen) atoms. The molecule has 0 amide bonds. The molecule has 0 spiro atoms. The predicted octanol–water partition coefficient (Wildman–Crippen LogP) is 1.70. The van der Waals surface area contributed by atoms with E-state index in [2.05, 4.69) is 25.3 Å². The molecule has 2 aromatic heterocycles. The number of aromatic hydroxyl groups is 1. The summed E-state index contributed by atoms with van der Waals surface area (Å²) in [6, 6.07) is 3.54. The van der Waals surface area contributed by atoms with Crippen LogP contribution in [-0.4, -0.2) is 46.4 Å². The highest BCUT2D eigenvalue weighted by Gasteiger charge is 2.13. The van der Waals surface area contributed by atoms with E-state index < -0.39 is 0 Å². The summed E-state index contributed by atoms with van der Waals surface area (Å²) in [5.41, 5.74) is 1.59. The second-order valence-electron chi connectivity index (χ2n) is 4.84. The van der Waals surface area contributed by atoms with Gasteiger partial charge in [-0.1, -0.05) is 0 Å². The summed E-state index contributed by atoms with van der Waals surface area (Å²) in [7, 11) is 4.70. The Morgan fingerprint density at radius 2 is 1.75 bits per heavy atom. The van der Waals surface area contributed by atoms with E-state index in [1.54, 1.807) is 33.5 Å². The average molecular weight is 331 g/mol. The Morgan fingerprint density at radius 3 is 2.46 bits per heavy atom. The van der Waals surface area contributed by atoms with Crippen molar-refractivity contribution in [3.8, 4) is 23.1 Å². The zero-order valence-electron chi connectivity index (χ0n) is 13.5. The topological polar surface area (TPSA) is 114 Å². The van der Waals surface area contributed by atoms with Gasteiger partial charge in [0.1, 0.15) is 11.3 Å². The Labute approximate surface area is 137 Å². The first-order valence-corrected chi connectivity index (χ1v) is 7.09. The van der Waals surface area contributed by atoms with Crippen LogP contribution in [0.2, 0.25) is 0 Å². The number of hydrogen-bond donors (Lipinski definition) is 3. The van der Waals surface area contributed by atoms with Crippen molar-refractivity contribution in [2.75, 3.05) is 26.6 Å². The van der Waals surface area contributed by atoms with Gasteiger partial charge >= 0.3 is 0 Å². The lowest BCUT2D eigenvalue weighted by Gasteiger charge is -2.14. The van der Waals surface area contributed by atoms with Gasteiger partial charge in [0.15, 0.2) is 17.1 Å². The van der Waals surface area contributed by atoms with E-state index >= 15 is 0 Å². The molecule has 3 aromatic rings. The molecule has 3 rings (SSSR count). The maximum absolute atomic E-state index is 9.87. The quantitative estimate of drug-likeness (QED) is 0.625. The monoisotopic (exact) mass is 331 g/mol. The largest absolute Gasteiger partial charge is 0.496 e. The molecule has 126 valence electrons. The first-order valence-electron chi connectivity index (χ1n) is 7.09. The molecule has 0 aliphatic carbocycles. The maximum Gasteiger partial charge on any atom is 0.242 e. The number of methoxy groups -OCH3 is 3. The number of aromatic nitrogens is 4. The highest BCUT2D eigenvalue weighted by Crippen LogP contribution is 2.34. The van der Waals surface area contributed by atoms with E-state index in [4.69, 9.17) is 14.2 Å². The summed E-state index contributed by atoms with van der Waals surface area (Å²) in [5.74, 6) is 1.87. The Hall–Kier alpha value is -3.23. The van der Waals surface area contributed by atoms with Crippen molar-refractivity contribution in [1.82, 2.24) is 19.9 Å². The lowest BCUT2D eigenvalue weighted by Crippen LogP contribution is -2.06. The third-order valence-corrected chi connectivity index (χ3v) is 3.49. The van der Waals surface area contributed by atoms with Crippen LogP contribution in [0.5, 0.6) is 23.1 Å². The summed E-state index contributed by atoms with van der Waals surface area (Å²) in [5, 5.41) is 12.9. The molecule has 0 bridgehead atoms. The van der Waals surface area contributed by atoms with E-state index in [0.717, 1.165) is 5.56 Å². The molecule has 0 radical (unpaired) electrons. The van der Waals surface area contributed by atoms with Crippen LogP contribution in [0.15, 0.2) is 18.5 Å². The molecule has 0 fully saturated rings. The third-order valence-electron chi connectivity index (χ3n) is 3.49. The second-order valence-corrected chi connectivity index (χ2v) is 4.84. The van der Waals surface area contributed by atoms with Crippen molar-refractivity contribution in [2.24, 2.45) is 0 Å². The predicted molar refractivity (Wildman–Crippen MR) is 86.8 cm³/mol. The molecule has 0 atom stereocenters. The van der Waals surface area contributed by atoms with Gasteiger partial charge in [-0.2, -0.15) is 9.97 Å². The zero-order valence-corrected chi connectivity index (χ0v) is 13.5. The van der Waals surface area contributed by atoms with Crippen LogP contribution >= 0.6 is 0 Å². The molecule has 0 saturated heterocycles. The lowest BCUT2D eigenvalue weighted by atomic mass is 10.1. The van der Waals surface area contributed by atoms with Crippen molar-refractivity contribution in [3.63, 3.8) is 0 Å². The molecule has 0 aliphatic rings. The van der Waals surface area contributed by atoms with Gasteiger partial charge in [-0.3, -0.25) is 0 Å². The molecule has 2 heterocycles. The van der Waals surface area contributed by atoms with Gasteiger partial charge < -0.3 is 29.6 Å². The Kier molecular flexibility index (Phi) is 4.23. The maximum atomic E-state index is 9.87. The molecule has 1 aromatic carbocycles. The van der Waals surface area contributed by atoms with E-state index in [-0.39, 0.29) is 11.8 Å².